The average molecular weight is 220 g/mol. The molecule has 0 atom stereocenters. The van der Waals surface area contributed by atoms with Crippen molar-refractivity contribution in [1.82, 2.24) is 9.97 Å². The molecule has 0 fully saturated rings. The normalized spacial score (nSPS) is 9.87. The van der Waals surface area contributed by atoms with Crippen molar-refractivity contribution in [2.24, 2.45) is 5.73 Å². The number of rotatable bonds is 3. The van der Waals surface area contributed by atoms with Crippen molar-refractivity contribution in [3.63, 3.8) is 0 Å². The van der Waals surface area contributed by atoms with E-state index < -0.39 is 5.91 Å². The SMILES string of the molecule is NC(=O)c1ccsc1Nc1cncnc1. The predicted molar refractivity (Wildman–Crippen MR) is 58.2 cm³/mol. The van der Waals surface area contributed by atoms with Crippen LogP contribution in [0.2, 0.25) is 0 Å². The van der Waals surface area contributed by atoms with E-state index in [0.717, 1.165) is 5.69 Å². The molecule has 0 saturated heterocycles. The summed E-state index contributed by atoms with van der Waals surface area (Å²) < 4.78 is 0. The summed E-state index contributed by atoms with van der Waals surface area (Å²) >= 11 is 1.41. The number of carbonyl (C=O) groups excluding carboxylic acids is 1. The fourth-order valence-corrected chi connectivity index (χ4v) is 1.91. The second kappa shape index (κ2) is 4.05. The van der Waals surface area contributed by atoms with Gasteiger partial charge in [-0.05, 0) is 11.4 Å². The Bertz CT molecular complexity index is 468. The number of anilines is 2. The van der Waals surface area contributed by atoms with Gasteiger partial charge in [0.15, 0.2) is 0 Å². The van der Waals surface area contributed by atoms with Crippen molar-refractivity contribution in [1.29, 1.82) is 0 Å². The fourth-order valence-electron chi connectivity index (χ4n) is 1.09. The number of amides is 1. The Kier molecular flexibility index (Phi) is 2.59. The molecule has 0 radical (unpaired) electrons. The van der Waals surface area contributed by atoms with Gasteiger partial charge < -0.3 is 11.1 Å². The summed E-state index contributed by atoms with van der Waals surface area (Å²) in [5, 5.41) is 5.53. The Hall–Kier alpha value is -1.95. The number of nitrogens with one attached hydrogen (secondary N) is 1. The van der Waals surface area contributed by atoms with Crippen LogP contribution in [0.25, 0.3) is 0 Å². The van der Waals surface area contributed by atoms with E-state index in [0.29, 0.717) is 10.6 Å². The Balaban J connectivity index is 2.25. The second-order valence-electron chi connectivity index (χ2n) is 2.78. The molecule has 0 aliphatic carbocycles. The number of nitrogens with zero attached hydrogens (tertiary/aromatic N) is 2. The number of hydrogen-bond acceptors (Lipinski definition) is 5. The lowest BCUT2D eigenvalue weighted by Gasteiger charge is -2.03. The molecule has 3 N–H and O–H groups in total. The van der Waals surface area contributed by atoms with Crippen LogP contribution in [0.5, 0.6) is 0 Å². The highest BCUT2D eigenvalue weighted by molar-refractivity contribution is 7.14. The van der Waals surface area contributed by atoms with Crippen molar-refractivity contribution in [3.8, 4) is 0 Å². The van der Waals surface area contributed by atoms with Gasteiger partial charge in [0.1, 0.15) is 11.3 Å². The fraction of sp³-hybridized carbons (Fsp3) is 0. The van der Waals surface area contributed by atoms with E-state index in [1.165, 1.54) is 17.7 Å². The van der Waals surface area contributed by atoms with Gasteiger partial charge in [0.05, 0.1) is 23.6 Å². The molecule has 2 rings (SSSR count). The highest BCUT2D eigenvalue weighted by atomic mass is 32.1. The largest absolute Gasteiger partial charge is 0.366 e. The lowest BCUT2D eigenvalue weighted by atomic mass is 10.3. The zero-order chi connectivity index (χ0) is 10.7. The van der Waals surface area contributed by atoms with Gasteiger partial charge in [-0.3, -0.25) is 4.79 Å². The molecule has 0 unspecified atom stereocenters. The molecule has 0 bridgehead atoms. The zero-order valence-corrected chi connectivity index (χ0v) is 8.49. The van der Waals surface area contributed by atoms with Gasteiger partial charge >= 0.3 is 0 Å². The number of primary amides is 1. The van der Waals surface area contributed by atoms with E-state index in [9.17, 15) is 4.79 Å². The topological polar surface area (TPSA) is 80.9 Å². The Morgan fingerprint density at radius 2 is 2.13 bits per heavy atom. The highest BCUT2D eigenvalue weighted by Crippen LogP contribution is 2.25. The number of aromatic nitrogens is 2. The summed E-state index contributed by atoms with van der Waals surface area (Å²) in [7, 11) is 0. The first-order valence-electron chi connectivity index (χ1n) is 4.16. The van der Waals surface area contributed by atoms with Crippen LogP contribution in [0.1, 0.15) is 10.4 Å². The van der Waals surface area contributed by atoms with Crippen LogP contribution >= 0.6 is 11.3 Å². The van der Waals surface area contributed by atoms with Crippen LogP contribution in [0.4, 0.5) is 10.7 Å². The third-order valence-electron chi connectivity index (χ3n) is 1.75. The van der Waals surface area contributed by atoms with Crippen molar-refractivity contribution in [2.75, 3.05) is 5.32 Å². The number of thiophene rings is 1. The van der Waals surface area contributed by atoms with Crippen molar-refractivity contribution < 1.29 is 4.79 Å². The third-order valence-corrected chi connectivity index (χ3v) is 2.58. The lowest BCUT2D eigenvalue weighted by molar-refractivity contribution is 0.100. The van der Waals surface area contributed by atoms with E-state index in [1.807, 2.05) is 0 Å². The van der Waals surface area contributed by atoms with Crippen LogP contribution in [0.3, 0.4) is 0 Å². The molecule has 76 valence electrons. The first kappa shape index (κ1) is 9.60. The maximum Gasteiger partial charge on any atom is 0.251 e. The molecule has 0 aliphatic heterocycles. The van der Waals surface area contributed by atoms with Gasteiger partial charge in [0, 0.05) is 0 Å². The van der Waals surface area contributed by atoms with Crippen molar-refractivity contribution >= 4 is 27.9 Å². The van der Waals surface area contributed by atoms with Crippen LogP contribution in [0, 0.1) is 0 Å². The van der Waals surface area contributed by atoms with Crippen molar-refractivity contribution in [2.45, 2.75) is 0 Å². The minimum Gasteiger partial charge on any atom is -0.366 e. The van der Waals surface area contributed by atoms with E-state index in [4.69, 9.17) is 5.73 Å². The Labute approximate surface area is 90.0 Å². The molecule has 5 nitrogen and oxygen atoms in total. The maximum absolute atomic E-state index is 11.0. The molecule has 0 aromatic carbocycles. The van der Waals surface area contributed by atoms with Crippen LogP contribution in [-0.2, 0) is 0 Å². The molecule has 6 heteroatoms. The first-order chi connectivity index (χ1) is 7.27. The summed E-state index contributed by atoms with van der Waals surface area (Å²) in [6.45, 7) is 0. The molecule has 0 spiro atoms. The zero-order valence-electron chi connectivity index (χ0n) is 7.68. The Morgan fingerprint density at radius 1 is 1.40 bits per heavy atom. The quantitative estimate of drug-likeness (QED) is 0.818. The minimum atomic E-state index is -0.449. The van der Waals surface area contributed by atoms with Crippen molar-refractivity contribution in [3.05, 3.63) is 35.7 Å². The van der Waals surface area contributed by atoms with Gasteiger partial charge in [-0.25, -0.2) is 9.97 Å². The molecule has 2 heterocycles. The number of carbonyl (C=O) groups is 1. The molecule has 15 heavy (non-hydrogen) atoms. The summed E-state index contributed by atoms with van der Waals surface area (Å²) in [6.07, 6.45) is 4.68. The molecule has 2 aromatic heterocycles. The first-order valence-corrected chi connectivity index (χ1v) is 5.04. The van der Waals surface area contributed by atoms with E-state index in [-0.39, 0.29) is 0 Å². The van der Waals surface area contributed by atoms with Crippen LogP contribution < -0.4 is 11.1 Å². The summed E-state index contributed by atoms with van der Waals surface area (Å²) in [5.74, 6) is -0.449. The highest BCUT2D eigenvalue weighted by Gasteiger charge is 2.09. The molecular weight excluding hydrogens is 212 g/mol. The lowest BCUT2D eigenvalue weighted by Crippen LogP contribution is -2.11. The number of nitrogens with two attached hydrogens (primary N) is 1. The van der Waals surface area contributed by atoms with Crippen LogP contribution in [-0.4, -0.2) is 15.9 Å². The number of hydrogen-bond donors (Lipinski definition) is 2. The second-order valence-corrected chi connectivity index (χ2v) is 3.70. The van der Waals surface area contributed by atoms with Gasteiger partial charge in [-0.15, -0.1) is 11.3 Å². The van der Waals surface area contributed by atoms with E-state index >= 15 is 0 Å². The molecule has 0 saturated carbocycles. The van der Waals surface area contributed by atoms with Gasteiger partial charge in [0.2, 0.25) is 0 Å². The maximum atomic E-state index is 11.0. The minimum absolute atomic E-state index is 0.449. The van der Waals surface area contributed by atoms with Gasteiger partial charge in [0.25, 0.3) is 5.91 Å². The van der Waals surface area contributed by atoms with E-state index in [1.54, 1.807) is 23.8 Å². The summed E-state index contributed by atoms with van der Waals surface area (Å²) in [4.78, 5) is 18.7. The molecule has 2 aromatic rings. The third kappa shape index (κ3) is 2.10. The summed E-state index contributed by atoms with van der Waals surface area (Å²) in [5.41, 5.74) is 6.41. The predicted octanol–water partition coefficient (Wildman–Crippen LogP) is 1.38. The van der Waals surface area contributed by atoms with Gasteiger partial charge in [-0.1, -0.05) is 0 Å². The monoisotopic (exact) mass is 220 g/mol. The standard InChI is InChI=1S/C9H8N4OS/c10-8(14)7-1-2-15-9(7)13-6-3-11-5-12-4-6/h1-5,13H,(H2,10,14). The molecule has 0 aliphatic rings. The molecule has 1 amide bonds. The average Bonchev–Trinajstić information content (AvgIpc) is 2.67. The van der Waals surface area contributed by atoms with Gasteiger partial charge in [-0.2, -0.15) is 0 Å². The van der Waals surface area contributed by atoms with E-state index in [2.05, 4.69) is 15.3 Å². The summed E-state index contributed by atoms with van der Waals surface area (Å²) in [6, 6.07) is 1.68. The molecular formula is C9H8N4OS. The van der Waals surface area contributed by atoms with Crippen LogP contribution in [0.15, 0.2) is 30.2 Å². The smallest absolute Gasteiger partial charge is 0.251 e. The Morgan fingerprint density at radius 3 is 2.80 bits per heavy atom.